The first-order chi connectivity index (χ1) is 14.2. The van der Waals surface area contributed by atoms with Crippen molar-refractivity contribution in [3.8, 4) is 0 Å². The summed E-state index contributed by atoms with van der Waals surface area (Å²) >= 11 is 7.07. The Kier molecular flexibility index (Phi) is 8.98. The smallest absolute Gasteiger partial charge is 0.295 e. The van der Waals surface area contributed by atoms with E-state index in [9.17, 15) is 22.8 Å². The van der Waals surface area contributed by atoms with Crippen LogP contribution >= 0.6 is 22.9 Å². The number of aldehydes is 1. The maximum absolute atomic E-state index is 12.7. The van der Waals surface area contributed by atoms with Crippen LogP contribution in [-0.2, 0) is 19.4 Å². The fourth-order valence-electron chi connectivity index (χ4n) is 2.68. The summed E-state index contributed by atoms with van der Waals surface area (Å²) in [5.74, 6) is 0.394. The van der Waals surface area contributed by atoms with Crippen molar-refractivity contribution in [3.63, 3.8) is 0 Å². The van der Waals surface area contributed by atoms with Gasteiger partial charge in [0, 0.05) is 35.7 Å². The normalized spacial score (nSPS) is 12.6. The van der Waals surface area contributed by atoms with E-state index >= 15 is 0 Å². The van der Waals surface area contributed by atoms with Gasteiger partial charge in [-0.25, -0.2) is 9.97 Å². The number of hydrogen-bond acceptors (Lipinski definition) is 5. The molecule has 162 valence electrons. The highest BCUT2D eigenvalue weighted by molar-refractivity contribution is 7.11. The molecule has 2 rings (SSSR count). The van der Waals surface area contributed by atoms with Gasteiger partial charge in [0.1, 0.15) is 5.82 Å². The lowest BCUT2D eigenvalue weighted by molar-refractivity contribution is -0.135. The summed E-state index contributed by atoms with van der Waals surface area (Å²) in [5.41, 5.74) is 0.706. The van der Waals surface area contributed by atoms with Crippen LogP contribution < -0.4 is 5.56 Å². The van der Waals surface area contributed by atoms with Gasteiger partial charge in [-0.15, -0.1) is 11.3 Å². The van der Waals surface area contributed by atoms with Crippen LogP contribution in [0.2, 0.25) is 0 Å². The van der Waals surface area contributed by atoms with E-state index in [1.54, 1.807) is 30.5 Å². The summed E-state index contributed by atoms with van der Waals surface area (Å²) in [5, 5.41) is 2.50. The van der Waals surface area contributed by atoms with Gasteiger partial charge in [0.15, 0.2) is 11.3 Å². The number of carbonyl (C=O) groups is 1. The largest absolute Gasteiger partial charge is 0.389 e. The van der Waals surface area contributed by atoms with E-state index in [0.717, 1.165) is 11.3 Å². The van der Waals surface area contributed by atoms with Crippen molar-refractivity contribution in [2.45, 2.75) is 51.7 Å². The molecular weight excluding hydrogens is 439 g/mol. The van der Waals surface area contributed by atoms with Crippen molar-refractivity contribution in [1.29, 1.82) is 0 Å². The fraction of sp³-hybridized carbons (Fsp3) is 0.400. The number of nitrogens with zero attached hydrogens (tertiary/aromatic N) is 3. The second-order valence-corrected chi connectivity index (χ2v) is 7.81. The molecule has 10 heteroatoms. The zero-order chi connectivity index (χ0) is 22.1. The predicted octanol–water partition coefficient (Wildman–Crippen LogP) is 5.08. The summed E-state index contributed by atoms with van der Waals surface area (Å²) in [6.07, 6.45) is 1.49. The van der Waals surface area contributed by atoms with Gasteiger partial charge in [-0.3, -0.25) is 14.2 Å². The minimum atomic E-state index is -4.21. The molecule has 5 nitrogen and oxygen atoms in total. The second-order valence-electron chi connectivity index (χ2n) is 6.49. The molecule has 2 heterocycles. The van der Waals surface area contributed by atoms with E-state index in [0.29, 0.717) is 40.0 Å². The Bertz CT molecular complexity index is 980. The van der Waals surface area contributed by atoms with E-state index in [2.05, 4.69) is 9.97 Å². The fourth-order valence-corrected chi connectivity index (χ4v) is 3.38. The molecule has 0 N–H and O–H groups in total. The van der Waals surface area contributed by atoms with Gasteiger partial charge < -0.3 is 0 Å². The third-order valence-electron chi connectivity index (χ3n) is 4.12. The predicted molar refractivity (Wildman–Crippen MR) is 111 cm³/mol. The SMILES string of the molecule is C/C=C(Cl)\C=C/Cc1cc(=O)n(Cc2csc(C=O)n2)c(CCCCC(F)(F)F)n1. The number of rotatable bonds is 10. The molecule has 0 saturated carbocycles. The Labute approximate surface area is 180 Å². The summed E-state index contributed by atoms with van der Waals surface area (Å²) in [7, 11) is 0. The molecule has 2 aromatic rings. The maximum atomic E-state index is 12.7. The molecule has 0 radical (unpaired) electrons. The first-order valence-corrected chi connectivity index (χ1v) is 10.5. The van der Waals surface area contributed by atoms with E-state index in [1.807, 2.05) is 0 Å². The first-order valence-electron chi connectivity index (χ1n) is 9.26. The maximum Gasteiger partial charge on any atom is 0.389 e. The zero-order valence-corrected chi connectivity index (χ0v) is 17.9. The topological polar surface area (TPSA) is 64.8 Å². The molecule has 30 heavy (non-hydrogen) atoms. The molecule has 2 aromatic heterocycles. The number of carbonyl (C=O) groups excluding carboxylic acids is 1. The van der Waals surface area contributed by atoms with Gasteiger partial charge in [-0.2, -0.15) is 13.2 Å². The Hall–Kier alpha value is -2.26. The van der Waals surface area contributed by atoms with Crippen molar-refractivity contribution in [1.82, 2.24) is 14.5 Å². The summed E-state index contributed by atoms with van der Waals surface area (Å²) in [4.78, 5) is 32.1. The lowest BCUT2D eigenvalue weighted by Crippen LogP contribution is -2.26. The standard InChI is InChI=1S/C20H21ClF3N3O2S/c1-2-14(21)6-5-7-15-10-19(29)27(11-16-13-30-18(12-28)26-16)17(25-15)8-3-4-9-20(22,23)24/h2,5-6,10,12-13H,3-4,7-9,11H2,1H3/b6-5-,14-2+. The van der Waals surface area contributed by atoms with Crippen LogP contribution in [0.1, 0.15) is 53.2 Å². The Morgan fingerprint density at radius 3 is 2.67 bits per heavy atom. The third kappa shape index (κ3) is 7.87. The van der Waals surface area contributed by atoms with Gasteiger partial charge in [0.2, 0.25) is 0 Å². The molecule has 0 aromatic carbocycles. The lowest BCUT2D eigenvalue weighted by Gasteiger charge is -2.13. The van der Waals surface area contributed by atoms with Gasteiger partial charge in [-0.1, -0.05) is 23.8 Å². The van der Waals surface area contributed by atoms with E-state index < -0.39 is 12.6 Å². The van der Waals surface area contributed by atoms with Crippen molar-refractivity contribution < 1.29 is 18.0 Å². The van der Waals surface area contributed by atoms with Crippen LogP contribution in [0.5, 0.6) is 0 Å². The molecule has 0 fully saturated rings. The summed E-state index contributed by atoms with van der Waals surface area (Å²) < 4.78 is 38.6. The van der Waals surface area contributed by atoms with Gasteiger partial charge in [-0.05, 0) is 25.8 Å². The number of unbranched alkanes of at least 4 members (excludes halogenated alkanes) is 1. The first kappa shape index (κ1) is 24.0. The molecule has 0 aliphatic heterocycles. The summed E-state index contributed by atoms with van der Waals surface area (Å²) in [6, 6.07) is 1.39. The van der Waals surface area contributed by atoms with Crippen LogP contribution in [0.4, 0.5) is 13.2 Å². The van der Waals surface area contributed by atoms with Crippen molar-refractivity contribution in [3.05, 3.63) is 67.3 Å². The number of thiazole rings is 1. The van der Waals surface area contributed by atoms with Crippen LogP contribution in [0.3, 0.4) is 0 Å². The number of alkyl halides is 3. The minimum Gasteiger partial charge on any atom is -0.295 e. The number of aromatic nitrogens is 3. The Morgan fingerprint density at radius 2 is 2.03 bits per heavy atom. The van der Waals surface area contributed by atoms with Gasteiger partial charge in [0.25, 0.3) is 5.56 Å². The number of halogens is 4. The van der Waals surface area contributed by atoms with Crippen LogP contribution in [0.25, 0.3) is 0 Å². The average Bonchev–Trinajstić information content (AvgIpc) is 3.14. The van der Waals surface area contributed by atoms with Crippen LogP contribution in [-0.4, -0.2) is 27.0 Å². The van der Waals surface area contributed by atoms with E-state index in [4.69, 9.17) is 11.6 Å². The number of allylic oxidation sites excluding steroid dienone is 4. The zero-order valence-electron chi connectivity index (χ0n) is 16.3. The Balaban J connectivity index is 2.24. The minimum absolute atomic E-state index is 0.0492. The van der Waals surface area contributed by atoms with E-state index in [1.165, 1.54) is 10.6 Å². The molecule has 0 saturated heterocycles. The highest BCUT2D eigenvalue weighted by Gasteiger charge is 2.26. The quantitative estimate of drug-likeness (QED) is 0.282. The lowest BCUT2D eigenvalue weighted by atomic mass is 10.1. The molecule has 0 aliphatic rings. The summed E-state index contributed by atoms with van der Waals surface area (Å²) in [6.45, 7) is 1.89. The van der Waals surface area contributed by atoms with Crippen molar-refractivity contribution in [2.24, 2.45) is 0 Å². The average molecular weight is 460 g/mol. The van der Waals surface area contributed by atoms with Crippen LogP contribution in [0, 0.1) is 0 Å². The molecule has 0 spiro atoms. The van der Waals surface area contributed by atoms with Gasteiger partial charge >= 0.3 is 6.18 Å². The van der Waals surface area contributed by atoms with E-state index in [-0.39, 0.29) is 31.4 Å². The molecule has 0 atom stereocenters. The Morgan fingerprint density at radius 1 is 1.27 bits per heavy atom. The molecule has 0 aliphatic carbocycles. The molecule has 0 bridgehead atoms. The van der Waals surface area contributed by atoms with Crippen molar-refractivity contribution >= 4 is 29.2 Å². The monoisotopic (exact) mass is 459 g/mol. The molecular formula is C20H21ClF3N3O2S. The van der Waals surface area contributed by atoms with Gasteiger partial charge in [0.05, 0.1) is 17.9 Å². The number of aryl methyl sites for hydroxylation is 1. The second kappa shape index (κ2) is 11.2. The third-order valence-corrected chi connectivity index (χ3v) is 5.28. The highest BCUT2D eigenvalue weighted by atomic mass is 35.5. The van der Waals surface area contributed by atoms with Crippen molar-refractivity contribution in [2.75, 3.05) is 0 Å². The highest BCUT2D eigenvalue weighted by Crippen LogP contribution is 2.22. The molecule has 0 unspecified atom stereocenters. The number of hydrogen-bond donors (Lipinski definition) is 0. The molecule has 0 amide bonds. The van der Waals surface area contributed by atoms with Crippen LogP contribution in [0.15, 0.2) is 39.5 Å².